The van der Waals surface area contributed by atoms with E-state index in [-0.39, 0.29) is 0 Å². The van der Waals surface area contributed by atoms with Gasteiger partial charge in [-0.25, -0.2) is 0 Å². The summed E-state index contributed by atoms with van der Waals surface area (Å²) in [5.41, 5.74) is 0. The van der Waals surface area contributed by atoms with Crippen LogP contribution in [0.2, 0.25) is 0 Å². The van der Waals surface area contributed by atoms with Crippen LogP contribution in [0, 0.1) is 31.3 Å². The Morgan fingerprint density at radius 1 is 1.27 bits per heavy atom. The fourth-order valence-electron chi connectivity index (χ4n) is 2.35. The van der Waals surface area contributed by atoms with Crippen LogP contribution in [0.3, 0.4) is 0 Å². The SMILES string of the molecule is CO[C]1[CH][CH][CH][C]1CNC1CCCCC1. The zero-order valence-corrected chi connectivity index (χ0v) is 9.46. The molecule has 0 saturated heterocycles. The van der Waals surface area contributed by atoms with E-state index in [1.165, 1.54) is 38.0 Å². The third-order valence-corrected chi connectivity index (χ3v) is 3.27. The molecule has 2 rings (SSSR count). The molecule has 2 fully saturated rings. The molecule has 2 aliphatic rings. The molecule has 2 nitrogen and oxygen atoms in total. The molecule has 2 heteroatoms. The average Bonchev–Trinajstić information content (AvgIpc) is 2.75. The number of rotatable bonds is 4. The molecule has 0 spiro atoms. The molecule has 2 saturated carbocycles. The van der Waals surface area contributed by atoms with Crippen molar-refractivity contribution < 1.29 is 4.74 Å². The summed E-state index contributed by atoms with van der Waals surface area (Å²) >= 11 is 0. The second-order valence-electron chi connectivity index (χ2n) is 4.34. The summed E-state index contributed by atoms with van der Waals surface area (Å²) in [6.07, 6.45) is 14.1. The number of ether oxygens (including phenoxy) is 1. The Balaban J connectivity index is 1.67. The molecule has 0 bridgehead atoms. The van der Waals surface area contributed by atoms with E-state index >= 15 is 0 Å². The molecule has 0 heterocycles. The molecule has 0 amide bonds. The summed E-state index contributed by atoms with van der Waals surface area (Å²) in [5.74, 6) is 1.28. The Morgan fingerprint density at radius 3 is 2.80 bits per heavy atom. The molecular formula is C13H20NO. The smallest absolute Gasteiger partial charge is 0.109 e. The maximum absolute atomic E-state index is 5.29. The minimum atomic E-state index is 0.721. The second-order valence-corrected chi connectivity index (χ2v) is 4.34. The molecule has 0 aromatic carbocycles. The van der Waals surface area contributed by atoms with E-state index in [0.29, 0.717) is 0 Å². The topological polar surface area (TPSA) is 21.3 Å². The van der Waals surface area contributed by atoms with Gasteiger partial charge >= 0.3 is 0 Å². The largest absolute Gasteiger partial charge is 0.374 e. The van der Waals surface area contributed by atoms with Crippen LogP contribution in [0.5, 0.6) is 0 Å². The minimum absolute atomic E-state index is 0.721. The zero-order valence-electron chi connectivity index (χ0n) is 9.46. The zero-order chi connectivity index (χ0) is 10.5. The molecule has 15 heavy (non-hydrogen) atoms. The summed E-state index contributed by atoms with van der Waals surface area (Å²) in [6.45, 7) is 0.945. The molecular weight excluding hydrogens is 186 g/mol. The van der Waals surface area contributed by atoms with Gasteiger partial charge in [-0.3, -0.25) is 0 Å². The summed E-state index contributed by atoms with van der Waals surface area (Å²) in [7, 11) is 1.74. The summed E-state index contributed by atoms with van der Waals surface area (Å²) in [6, 6.07) is 0.721. The van der Waals surface area contributed by atoms with Crippen molar-refractivity contribution >= 4 is 0 Å². The summed E-state index contributed by atoms with van der Waals surface area (Å²) in [4.78, 5) is 0. The maximum atomic E-state index is 5.29. The third kappa shape index (κ3) is 3.18. The van der Waals surface area contributed by atoms with Gasteiger partial charge in [0.1, 0.15) is 6.10 Å². The number of methoxy groups -OCH3 is 1. The van der Waals surface area contributed by atoms with Crippen molar-refractivity contribution in [1.29, 1.82) is 0 Å². The van der Waals surface area contributed by atoms with Crippen LogP contribution in [0.1, 0.15) is 32.1 Å². The fourth-order valence-corrected chi connectivity index (χ4v) is 2.35. The summed E-state index contributed by atoms with van der Waals surface area (Å²) < 4.78 is 5.29. The van der Waals surface area contributed by atoms with Crippen LogP contribution in [0.15, 0.2) is 0 Å². The monoisotopic (exact) mass is 206 g/mol. The van der Waals surface area contributed by atoms with Gasteiger partial charge in [-0.2, -0.15) is 0 Å². The standard InChI is InChI=1S/C13H20NO/c1-15-13-9-5-6-11(13)10-14-12-7-3-2-4-8-12/h5-6,9,12,14H,2-4,7-8,10H2,1H3. The highest BCUT2D eigenvalue weighted by Crippen LogP contribution is 2.33. The Labute approximate surface area is 93.8 Å². The van der Waals surface area contributed by atoms with E-state index in [1.807, 2.05) is 6.42 Å². The van der Waals surface area contributed by atoms with E-state index in [2.05, 4.69) is 18.2 Å². The molecule has 5 radical (unpaired) electrons. The second kappa shape index (κ2) is 5.86. The lowest BCUT2D eigenvalue weighted by Crippen LogP contribution is -2.35. The molecule has 2 aliphatic carbocycles. The van der Waals surface area contributed by atoms with Crippen LogP contribution in [-0.2, 0) is 4.74 Å². The molecule has 0 aromatic rings. The van der Waals surface area contributed by atoms with E-state index in [4.69, 9.17) is 4.74 Å². The highest BCUT2D eigenvalue weighted by atomic mass is 16.5. The van der Waals surface area contributed by atoms with Crippen LogP contribution in [-0.4, -0.2) is 19.7 Å². The van der Waals surface area contributed by atoms with Crippen molar-refractivity contribution in [1.82, 2.24) is 5.32 Å². The number of hydrogen-bond acceptors (Lipinski definition) is 2. The minimum Gasteiger partial charge on any atom is -0.374 e. The molecule has 0 unspecified atom stereocenters. The lowest BCUT2D eigenvalue weighted by molar-refractivity contribution is 0.231. The van der Waals surface area contributed by atoms with Crippen molar-refractivity contribution in [3.8, 4) is 0 Å². The lowest BCUT2D eigenvalue weighted by atomic mass is 9.94. The maximum Gasteiger partial charge on any atom is 0.109 e. The fraction of sp³-hybridized carbons (Fsp3) is 0.615. The van der Waals surface area contributed by atoms with E-state index in [0.717, 1.165) is 18.7 Å². The van der Waals surface area contributed by atoms with Gasteiger partial charge in [-0.1, -0.05) is 19.3 Å². The first-order valence-electron chi connectivity index (χ1n) is 5.92. The van der Waals surface area contributed by atoms with Gasteiger partial charge in [0.15, 0.2) is 0 Å². The van der Waals surface area contributed by atoms with Crippen LogP contribution < -0.4 is 5.32 Å². The van der Waals surface area contributed by atoms with Crippen molar-refractivity contribution in [2.24, 2.45) is 0 Å². The van der Waals surface area contributed by atoms with Gasteiger partial charge < -0.3 is 10.1 Å². The first-order chi connectivity index (χ1) is 7.40. The molecule has 0 aliphatic heterocycles. The Morgan fingerprint density at radius 2 is 2.07 bits per heavy atom. The van der Waals surface area contributed by atoms with Gasteiger partial charge in [0, 0.05) is 32.0 Å². The third-order valence-electron chi connectivity index (χ3n) is 3.27. The van der Waals surface area contributed by atoms with E-state index < -0.39 is 0 Å². The number of nitrogens with one attached hydrogen (secondary N) is 1. The van der Waals surface area contributed by atoms with Crippen LogP contribution in [0.25, 0.3) is 0 Å². The van der Waals surface area contributed by atoms with Gasteiger partial charge in [-0.15, -0.1) is 0 Å². The van der Waals surface area contributed by atoms with E-state index in [1.54, 1.807) is 7.11 Å². The van der Waals surface area contributed by atoms with Gasteiger partial charge in [-0.05, 0) is 25.7 Å². The predicted molar refractivity (Wildman–Crippen MR) is 61.3 cm³/mol. The van der Waals surface area contributed by atoms with Gasteiger partial charge in [0.2, 0.25) is 0 Å². The molecule has 83 valence electrons. The van der Waals surface area contributed by atoms with Crippen molar-refractivity contribution in [3.63, 3.8) is 0 Å². The van der Waals surface area contributed by atoms with Crippen LogP contribution in [0.4, 0.5) is 0 Å². The Bertz CT molecular complexity index is 177. The quantitative estimate of drug-likeness (QED) is 0.762. The first-order valence-corrected chi connectivity index (χ1v) is 5.92. The molecule has 1 N–H and O–H groups in total. The first kappa shape index (κ1) is 11.4. The van der Waals surface area contributed by atoms with E-state index in [9.17, 15) is 0 Å². The van der Waals surface area contributed by atoms with Crippen molar-refractivity contribution in [2.45, 2.75) is 38.1 Å². The Hall–Kier alpha value is -0.0800. The van der Waals surface area contributed by atoms with Crippen molar-refractivity contribution in [2.75, 3.05) is 13.7 Å². The normalized spacial score (nSPS) is 26.2. The van der Waals surface area contributed by atoms with Crippen LogP contribution >= 0.6 is 0 Å². The van der Waals surface area contributed by atoms with Gasteiger partial charge in [0.05, 0.1) is 0 Å². The summed E-state index contributed by atoms with van der Waals surface area (Å²) in [5, 5.41) is 3.62. The predicted octanol–water partition coefficient (Wildman–Crippen LogP) is 2.29. The average molecular weight is 206 g/mol. The lowest BCUT2D eigenvalue weighted by Gasteiger charge is -2.25. The Kier molecular flexibility index (Phi) is 4.45. The van der Waals surface area contributed by atoms with Crippen molar-refractivity contribution in [3.05, 3.63) is 31.3 Å². The molecule has 0 atom stereocenters. The number of hydrogen-bond donors (Lipinski definition) is 1. The highest BCUT2D eigenvalue weighted by molar-refractivity contribution is 5.41. The molecule has 0 aromatic heterocycles. The highest BCUT2D eigenvalue weighted by Gasteiger charge is 2.30. The van der Waals surface area contributed by atoms with Gasteiger partial charge in [0.25, 0.3) is 0 Å².